The zero-order valence-electron chi connectivity index (χ0n) is 18.8. The summed E-state index contributed by atoms with van der Waals surface area (Å²) in [6.45, 7) is 3.89. The van der Waals surface area contributed by atoms with Crippen LogP contribution in [0.2, 0.25) is 0 Å². The van der Waals surface area contributed by atoms with E-state index in [9.17, 15) is 18.7 Å². The van der Waals surface area contributed by atoms with Crippen LogP contribution in [0, 0.1) is 17.0 Å². The van der Waals surface area contributed by atoms with Crippen LogP contribution in [0.4, 0.5) is 8.78 Å². The van der Waals surface area contributed by atoms with Crippen LogP contribution in [-0.4, -0.2) is 43.8 Å². The number of hydrogen-bond donors (Lipinski definition) is 2. The predicted molar refractivity (Wildman–Crippen MR) is 118 cm³/mol. The molecule has 2 fully saturated rings. The summed E-state index contributed by atoms with van der Waals surface area (Å²) in [5, 5.41) is 20.9. The molecule has 6 rings (SSSR count). The van der Waals surface area contributed by atoms with E-state index in [1.54, 1.807) is 19.2 Å². The lowest BCUT2D eigenvalue weighted by Crippen LogP contribution is -2.37. The first-order chi connectivity index (χ1) is 16.2. The number of nitrogens with one attached hydrogen (secondary N) is 1. The normalized spacial score (nSPS) is 28.9. The Morgan fingerprint density at radius 1 is 1.21 bits per heavy atom. The summed E-state index contributed by atoms with van der Waals surface area (Å²) in [6, 6.07) is 5.53. The van der Waals surface area contributed by atoms with Gasteiger partial charge < -0.3 is 10.4 Å². The molecular weight excluding hydrogens is 440 g/mol. The van der Waals surface area contributed by atoms with Crippen molar-refractivity contribution in [1.29, 1.82) is 0 Å². The van der Waals surface area contributed by atoms with Crippen LogP contribution in [0.3, 0.4) is 0 Å². The molecule has 9 heteroatoms. The average molecular weight is 463 g/mol. The molecular formula is C25H23F2N5O2. The summed E-state index contributed by atoms with van der Waals surface area (Å²) >= 11 is 0. The number of rotatable bonds is 5. The first kappa shape index (κ1) is 21.2. The van der Waals surface area contributed by atoms with Gasteiger partial charge >= 0.3 is 0 Å². The number of aliphatic hydroxyl groups is 1. The van der Waals surface area contributed by atoms with Crippen LogP contribution in [0.15, 0.2) is 36.7 Å². The summed E-state index contributed by atoms with van der Waals surface area (Å²) in [4.78, 5) is 21.6. The van der Waals surface area contributed by atoms with Gasteiger partial charge in [0.05, 0.1) is 40.4 Å². The molecule has 2 heterocycles. The largest absolute Gasteiger partial charge is 0.392 e. The van der Waals surface area contributed by atoms with Crippen molar-refractivity contribution in [2.24, 2.45) is 5.41 Å². The Hall–Kier alpha value is -3.33. The molecule has 2 aromatic heterocycles. The SMILES string of the molecule is C[C@H](O)CNC(=O)c1cncc([C@]23CCC4(CC42C)c2cc(-c4c(F)cccc4F)nnc23)n1. The van der Waals surface area contributed by atoms with Gasteiger partial charge in [0.1, 0.15) is 17.3 Å². The van der Waals surface area contributed by atoms with Crippen molar-refractivity contribution >= 4 is 5.91 Å². The van der Waals surface area contributed by atoms with Crippen molar-refractivity contribution < 1.29 is 18.7 Å². The maximum atomic E-state index is 14.5. The molecule has 2 N–H and O–H groups in total. The highest BCUT2D eigenvalue weighted by molar-refractivity contribution is 5.92. The zero-order chi connectivity index (χ0) is 23.9. The van der Waals surface area contributed by atoms with Crippen LogP contribution in [0.1, 0.15) is 60.5 Å². The molecule has 3 aliphatic rings. The average Bonchev–Trinajstić information content (AvgIpc) is 3.29. The van der Waals surface area contributed by atoms with Gasteiger partial charge in [-0.2, -0.15) is 5.10 Å². The molecule has 4 atom stereocenters. The van der Waals surface area contributed by atoms with Crippen LogP contribution in [-0.2, 0) is 10.8 Å². The molecule has 1 amide bonds. The molecule has 0 spiro atoms. The van der Waals surface area contributed by atoms with Crippen molar-refractivity contribution in [2.45, 2.75) is 50.0 Å². The van der Waals surface area contributed by atoms with Gasteiger partial charge in [0.2, 0.25) is 0 Å². The zero-order valence-corrected chi connectivity index (χ0v) is 18.8. The van der Waals surface area contributed by atoms with Gasteiger partial charge in [-0.1, -0.05) is 13.0 Å². The lowest BCUT2D eigenvalue weighted by Gasteiger charge is -2.35. The van der Waals surface area contributed by atoms with E-state index >= 15 is 0 Å². The van der Waals surface area contributed by atoms with Crippen molar-refractivity contribution in [3.63, 3.8) is 0 Å². The van der Waals surface area contributed by atoms with E-state index in [2.05, 4.69) is 32.4 Å². The molecule has 0 saturated heterocycles. The third kappa shape index (κ3) is 2.50. The summed E-state index contributed by atoms with van der Waals surface area (Å²) in [7, 11) is 0. The minimum absolute atomic E-state index is 0.112. The van der Waals surface area contributed by atoms with Crippen molar-refractivity contribution in [1.82, 2.24) is 25.5 Å². The quantitative estimate of drug-likeness (QED) is 0.603. The Morgan fingerprint density at radius 3 is 2.68 bits per heavy atom. The number of halogens is 2. The van der Waals surface area contributed by atoms with Gasteiger partial charge in [0.25, 0.3) is 5.91 Å². The van der Waals surface area contributed by atoms with Gasteiger partial charge in [-0.05, 0) is 55.4 Å². The van der Waals surface area contributed by atoms with Crippen LogP contribution >= 0.6 is 0 Å². The molecule has 2 unspecified atom stereocenters. The molecule has 174 valence electrons. The molecule has 1 aromatic carbocycles. The van der Waals surface area contributed by atoms with E-state index in [1.165, 1.54) is 24.4 Å². The maximum Gasteiger partial charge on any atom is 0.271 e. The number of aliphatic hydroxyl groups excluding tert-OH is 1. The van der Waals surface area contributed by atoms with Gasteiger partial charge in [0, 0.05) is 18.2 Å². The summed E-state index contributed by atoms with van der Waals surface area (Å²) in [6.07, 6.45) is 4.98. The first-order valence-corrected chi connectivity index (χ1v) is 11.4. The van der Waals surface area contributed by atoms with Crippen LogP contribution in [0.25, 0.3) is 11.3 Å². The van der Waals surface area contributed by atoms with E-state index in [4.69, 9.17) is 0 Å². The smallest absolute Gasteiger partial charge is 0.271 e. The number of aromatic nitrogens is 4. The molecule has 3 aromatic rings. The van der Waals surface area contributed by atoms with E-state index in [0.717, 1.165) is 30.5 Å². The second-order valence-electron chi connectivity index (χ2n) is 9.93. The monoisotopic (exact) mass is 463 g/mol. The molecule has 0 radical (unpaired) electrons. The maximum absolute atomic E-state index is 14.5. The van der Waals surface area contributed by atoms with Gasteiger partial charge in [-0.25, -0.2) is 13.8 Å². The van der Waals surface area contributed by atoms with E-state index in [0.29, 0.717) is 5.69 Å². The predicted octanol–water partition coefficient (Wildman–Crippen LogP) is 3.06. The molecule has 34 heavy (non-hydrogen) atoms. The fraction of sp³-hybridized carbons (Fsp3) is 0.400. The van der Waals surface area contributed by atoms with Gasteiger partial charge in [-0.3, -0.25) is 9.78 Å². The van der Waals surface area contributed by atoms with Crippen molar-refractivity contribution in [3.05, 3.63) is 70.9 Å². The molecule has 7 nitrogen and oxygen atoms in total. The highest BCUT2D eigenvalue weighted by Crippen LogP contribution is 2.86. The standard InChI is InChI=1S/C25H23F2N5O2/c1-13(33)9-29-22(34)18-10-28-11-19(30-18)25-7-6-24(12-23(24,25)2)14-8-17(31-32-21(14)25)20-15(26)4-3-5-16(20)27/h3-5,8,10-11,13,33H,6-7,9,12H2,1-2H3,(H,29,34)/t13-,23?,24?,25-/m0/s1. The first-order valence-electron chi connectivity index (χ1n) is 11.4. The third-order valence-corrected chi connectivity index (χ3v) is 8.25. The Kier molecular flexibility index (Phi) is 4.27. The Balaban J connectivity index is 1.46. The number of amides is 1. The minimum Gasteiger partial charge on any atom is -0.392 e. The second-order valence-corrected chi connectivity index (χ2v) is 9.93. The van der Waals surface area contributed by atoms with E-state index in [1.807, 2.05) is 0 Å². The Labute approximate surface area is 194 Å². The highest BCUT2D eigenvalue weighted by Gasteiger charge is 2.84. The number of hydrogen-bond acceptors (Lipinski definition) is 6. The van der Waals surface area contributed by atoms with Crippen molar-refractivity contribution in [3.8, 4) is 11.3 Å². The Morgan fingerprint density at radius 2 is 1.97 bits per heavy atom. The molecule has 0 aliphatic heterocycles. The van der Waals surface area contributed by atoms with E-state index < -0.39 is 29.1 Å². The highest BCUT2D eigenvalue weighted by atomic mass is 19.1. The Bertz CT molecular complexity index is 1340. The molecule has 3 aliphatic carbocycles. The van der Waals surface area contributed by atoms with Gasteiger partial charge in [0.15, 0.2) is 0 Å². The number of carbonyl (C=O) groups excluding carboxylic acids is 1. The molecule has 2 bridgehead atoms. The molecule has 2 saturated carbocycles. The van der Waals surface area contributed by atoms with E-state index in [-0.39, 0.29) is 34.3 Å². The van der Waals surface area contributed by atoms with Crippen LogP contribution < -0.4 is 5.32 Å². The number of benzene rings is 1. The number of nitrogens with zero attached hydrogens (tertiary/aromatic N) is 4. The lowest BCUT2D eigenvalue weighted by molar-refractivity contribution is 0.0918. The third-order valence-electron chi connectivity index (χ3n) is 8.25. The van der Waals surface area contributed by atoms with Crippen molar-refractivity contribution in [2.75, 3.05) is 6.54 Å². The fourth-order valence-electron chi connectivity index (χ4n) is 6.55. The topological polar surface area (TPSA) is 101 Å². The second kappa shape index (κ2) is 6.85. The summed E-state index contributed by atoms with van der Waals surface area (Å²) in [5.74, 6) is -1.76. The van der Waals surface area contributed by atoms with Crippen LogP contribution in [0.5, 0.6) is 0 Å². The number of carbonyl (C=O) groups is 1. The number of fused-ring (bicyclic) bond motifs is 2. The van der Waals surface area contributed by atoms with Gasteiger partial charge in [-0.15, -0.1) is 5.10 Å². The summed E-state index contributed by atoms with van der Waals surface area (Å²) < 4.78 is 28.9. The summed E-state index contributed by atoms with van der Waals surface area (Å²) in [5.41, 5.74) is 1.62. The fourth-order valence-corrected chi connectivity index (χ4v) is 6.55. The minimum atomic E-state index is -0.676. The lowest BCUT2D eigenvalue weighted by atomic mass is 9.69.